The fraction of sp³-hybridized carbons (Fsp3) is 0.316. The van der Waals surface area contributed by atoms with Gasteiger partial charge in [0.1, 0.15) is 0 Å². The van der Waals surface area contributed by atoms with Crippen LogP contribution in [0.25, 0.3) is 0 Å². The van der Waals surface area contributed by atoms with Crippen LogP contribution in [0.2, 0.25) is 0 Å². The lowest BCUT2D eigenvalue weighted by Gasteiger charge is -2.34. The molecule has 1 heterocycles. The summed E-state index contributed by atoms with van der Waals surface area (Å²) in [5.41, 5.74) is 2.66. The molecule has 1 aliphatic rings. The summed E-state index contributed by atoms with van der Waals surface area (Å²) in [5.74, 6) is -0.0513. The Kier molecular flexibility index (Phi) is 5.69. The highest BCUT2D eigenvalue weighted by atomic mass is 127. The van der Waals surface area contributed by atoms with Gasteiger partial charge < -0.3 is 4.90 Å². The standard InChI is InChI=1S/C19H21IN2O3S/c1-14-3-8-18(13-15(14)2)26(24,25)22-11-9-21(10-12-22)19(23)16-4-6-17(20)7-5-16/h3-8,13H,9-12H2,1-2H3. The summed E-state index contributed by atoms with van der Waals surface area (Å²) in [7, 11) is -3.53. The summed E-state index contributed by atoms with van der Waals surface area (Å²) in [6.45, 7) is 5.28. The number of hydrogen-bond acceptors (Lipinski definition) is 3. The van der Waals surface area contributed by atoms with E-state index in [0.29, 0.717) is 36.6 Å². The molecule has 0 unspecified atom stereocenters. The van der Waals surface area contributed by atoms with E-state index in [0.717, 1.165) is 14.7 Å². The number of piperazine rings is 1. The molecule has 138 valence electrons. The first-order valence-corrected chi connectivity index (χ1v) is 10.9. The predicted molar refractivity (Wildman–Crippen MR) is 110 cm³/mol. The minimum atomic E-state index is -3.53. The van der Waals surface area contributed by atoms with Crippen LogP contribution in [-0.2, 0) is 10.0 Å². The van der Waals surface area contributed by atoms with E-state index in [-0.39, 0.29) is 5.91 Å². The second kappa shape index (κ2) is 7.66. The third kappa shape index (κ3) is 3.94. The van der Waals surface area contributed by atoms with Crippen molar-refractivity contribution in [3.63, 3.8) is 0 Å². The quantitative estimate of drug-likeness (QED) is 0.630. The van der Waals surface area contributed by atoms with E-state index in [4.69, 9.17) is 0 Å². The SMILES string of the molecule is Cc1ccc(S(=O)(=O)N2CCN(C(=O)c3ccc(I)cc3)CC2)cc1C. The van der Waals surface area contributed by atoms with Crippen molar-refractivity contribution in [2.45, 2.75) is 18.7 Å². The smallest absolute Gasteiger partial charge is 0.253 e. The Hall–Kier alpha value is -1.45. The number of rotatable bonds is 3. The first-order valence-electron chi connectivity index (χ1n) is 8.41. The number of benzene rings is 2. The number of nitrogens with zero attached hydrogens (tertiary/aromatic N) is 2. The molecule has 26 heavy (non-hydrogen) atoms. The maximum Gasteiger partial charge on any atom is 0.253 e. The fourth-order valence-electron chi connectivity index (χ4n) is 2.93. The molecule has 0 aromatic heterocycles. The molecule has 0 atom stereocenters. The highest BCUT2D eigenvalue weighted by Crippen LogP contribution is 2.21. The summed E-state index contributed by atoms with van der Waals surface area (Å²) in [6, 6.07) is 12.6. The van der Waals surface area contributed by atoms with E-state index in [1.54, 1.807) is 17.0 Å². The number of halogens is 1. The van der Waals surface area contributed by atoms with Gasteiger partial charge in [0.25, 0.3) is 5.91 Å². The van der Waals surface area contributed by atoms with Crippen molar-refractivity contribution in [2.24, 2.45) is 0 Å². The number of hydrogen-bond donors (Lipinski definition) is 0. The average Bonchev–Trinajstić information content (AvgIpc) is 2.64. The highest BCUT2D eigenvalue weighted by molar-refractivity contribution is 14.1. The van der Waals surface area contributed by atoms with Crippen LogP contribution >= 0.6 is 22.6 Å². The van der Waals surface area contributed by atoms with Gasteiger partial charge in [-0.2, -0.15) is 4.31 Å². The van der Waals surface area contributed by atoms with E-state index in [2.05, 4.69) is 22.6 Å². The van der Waals surface area contributed by atoms with Gasteiger partial charge in [-0.3, -0.25) is 4.79 Å². The van der Waals surface area contributed by atoms with Crippen molar-refractivity contribution >= 4 is 38.5 Å². The van der Waals surface area contributed by atoms with Gasteiger partial charge in [0.05, 0.1) is 4.90 Å². The van der Waals surface area contributed by atoms with Gasteiger partial charge in [0.15, 0.2) is 0 Å². The summed E-state index contributed by atoms with van der Waals surface area (Å²) >= 11 is 2.20. The Morgan fingerprint density at radius 1 is 0.923 bits per heavy atom. The molecule has 2 aromatic rings. The monoisotopic (exact) mass is 484 g/mol. The molecule has 1 saturated heterocycles. The number of amides is 1. The topological polar surface area (TPSA) is 57.7 Å². The lowest BCUT2D eigenvalue weighted by Crippen LogP contribution is -2.50. The van der Waals surface area contributed by atoms with Crippen molar-refractivity contribution < 1.29 is 13.2 Å². The molecular weight excluding hydrogens is 463 g/mol. The van der Waals surface area contributed by atoms with Crippen molar-refractivity contribution in [2.75, 3.05) is 26.2 Å². The van der Waals surface area contributed by atoms with E-state index in [1.807, 2.05) is 44.2 Å². The van der Waals surface area contributed by atoms with Crippen molar-refractivity contribution in [1.82, 2.24) is 9.21 Å². The van der Waals surface area contributed by atoms with Crippen LogP contribution in [0.15, 0.2) is 47.4 Å². The number of carbonyl (C=O) groups excluding carboxylic acids is 1. The molecule has 1 fully saturated rings. The van der Waals surface area contributed by atoms with Crippen LogP contribution in [0.1, 0.15) is 21.5 Å². The van der Waals surface area contributed by atoms with Crippen LogP contribution in [0.4, 0.5) is 0 Å². The van der Waals surface area contributed by atoms with Crippen molar-refractivity contribution in [3.05, 3.63) is 62.7 Å². The second-order valence-corrected chi connectivity index (χ2v) is 9.63. The molecule has 5 nitrogen and oxygen atoms in total. The Morgan fingerprint density at radius 3 is 2.12 bits per heavy atom. The molecule has 1 amide bonds. The summed E-state index contributed by atoms with van der Waals surface area (Å²) in [6.07, 6.45) is 0. The molecule has 2 aromatic carbocycles. The third-order valence-corrected chi connectivity index (χ3v) is 7.35. The minimum absolute atomic E-state index is 0.0513. The summed E-state index contributed by atoms with van der Waals surface area (Å²) in [5, 5.41) is 0. The Morgan fingerprint density at radius 2 is 1.54 bits per heavy atom. The van der Waals surface area contributed by atoms with Crippen molar-refractivity contribution in [3.8, 4) is 0 Å². The zero-order valence-electron chi connectivity index (χ0n) is 14.8. The molecule has 0 saturated carbocycles. The lowest BCUT2D eigenvalue weighted by molar-refractivity contribution is 0.0698. The van der Waals surface area contributed by atoms with Gasteiger partial charge in [0, 0.05) is 35.3 Å². The molecule has 3 rings (SSSR count). The van der Waals surface area contributed by atoms with Gasteiger partial charge in [-0.05, 0) is 84.0 Å². The van der Waals surface area contributed by atoms with Gasteiger partial charge in [0.2, 0.25) is 10.0 Å². The average molecular weight is 484 g/mol. The van der Waals surface area contributed by atoms with Gasteiger partial charge in [-0.15, -0.1) is 0 Å². The zero-order chi connectivity index (χ0) is 18.9. The van der Waals surface area contributed by atoms with Gasteiger partial charge >= 0.3 is 0 Å². The van der Waals surface area contributed by atoms with Crippen LogP contribution in [0.3, 0.4) is 0 Å². The Balaban J connectivity index is 1.70. The maximum atomic E-state index is 12.9. The summed E-state index contributed by atoms with van der Waals surface area (Å²) in [4.78, 5) is 14.6. The third-order valence-electron chi connectivity index (χ3n) is 4.73. The fourth-order valence-corrected chi connectivity index (χ4v) is 4.80. The minimum Gasteiger partial charge on any atom is -0.336 e. The van der Waals surface area contributed by atoms with Crippen molar-refractivity contribution in [1.29, 1.82) is 0 Å². The lowest BCUT2D eigenvalue weighted by atomic mass is 10.1. The molecule has 0 radical (unpaired) electrons. The normalized spacial score (nSPS) is 15.9. The van der Waals surface area contributed by atoms with E-state index in [9.17, 15) is 13.2 Å². The van der Waals surface area contributed by atoms with Crippen LogP contribution in [-0.4, -0.2) is 49.7 Å². The first kappa shape index (κ1) is 19.3. The van der Waals surface area contributed by atoms with E-state index in [1.165, 1.54) is 4.31 Å². The molecule has 1 aliphatic heterocycles. The second-order valence-electron chi connectivity index (χ2n) is 6.45. The molecule has 0 spiro atoms. The number of aryl methyl sites for hydroxylation is 2. The largest absolute Gasteiger partial charge is 0.336 e. The van der Waals surface area contributed by atoms with E-state index < -0.39 is 10.0 Å². The summed E-state index contributed by atoms with van der Waals surface area (Å²) < 4.78 is 28.3. The Bertz CT molecular complexity index is 918. The zero-order valence-corrected chi connectivity index (χ0v) is 17.7. The molecular formula is C19H21IN2O3S. The number of sulfonamides is 1. The van der Waals surface area contributed by atoms with Crippen LogP contribution < -0.4 is 0 Å². The maximum absolute atomic E-state index is 12.9. The van der Waals surface area contributed by atoms with Gasteiger partial charge in [-0.25, -0.2) is 8.42 Å². The highest BCUT2D eigenvalue weighted by Gasteiger charge is 2.30. The van der Waals surface area contributed by atoms with Crippen LogP contribution in [0.5, 0.6) is 0 Å². The van der Waals surface area contributed by atoms with E-state index >= 15 is 0 Å². The molecule has 0 N–H and O–H groups in total. The molecule has 7 heteroatoms. The Labute approximate surface area is 168 Å². The molecule has 0 bridgehead atoms. The van der Waals surface area contributed by atoms with Crippen LogP contribution in [0, 0.1) is 17.4 Å². The van der Waals surface area contributed by atoms with Gasteiger partial charge in [-0.1, -0.05) is 6.07 Å². The predicted octanol–water partition coefficient (Wildman–Crippen LogP) is 3.05. The first-order chi connectivity index (χ1) is 12.3. The number of carbonyl (C=O) groups is 1. The molecule has 0 aliphatic carbocycles.